The van der Waals surface area contributed by atoms with Gasteiger partial charge in [-0.1, -0.05) is 19.9 Å². The maximum atomic E-state index is 14.2. The Morgan fingerprint density at radius 2 is 1.63 bits per heavy atom. The van der Waals surface area contributed by atoms with Crippen LogP contribution < -0.4 is 0 Å². The van der Waals surface area contributed by atoms with Gasteiger partial charge >= 0.3 is 23.9 Å². The molecule has 4 saturated carbocycles. The first-order valence-corrected chi connectivity index (χ1v) is 12.3. The highest BCUT2D eigenvalue weighted by molar-refractivity contribution is 6.06. The van der Waals surface area contributed by atoms with Crippen molar-refractivity contribution >= 4 is 29.7 Å². The molecule has 4 aliphatic carbocycles. The fourth-order valence-corrected chi connectivity index (χ4v) is 8.63. The zero-order chi connectivity index (χ0) is 25.5. The second kappa shape index (κ2) is 7.64. The highest BCUT2D eigenvalue weighted by Crippen LogP contribution is 2.73. The van der Waals surface area contributed by atoms with Crippen molar-refractivity contribution < 1.29 is 42.9 Å². The van der Waals surface area contributed by atoms with E-state index in [0.29, 0.717) is 6.42 Å². The van der Waals surface area contributed by atoms with E-state index in [0.717, 1.165) is 12.8 Å². The number of ketones is 1. The number of rotatable bonds is 3. The van der Waals surface area contributed by atoms with Crippen LogP contribution in [0.4, 0.5) is 0 Å². The summed E-state index contributed by atoms with van der Waals surface area (Å²) in [4.78, 5) is 64.9. The van der Waals surface area contributed by atoms with Crippen molar-refractivity contribution in [3.63, 3.8) is 0 Å². The molecule has 9 heteroatoms. The van der Waals surface area contributed by atoms with E-state index >= 15 is 0 Å². The minimum Gasteiger partial charge on any atom is -0.465 e. The lowest BCUT2D eigenvalue weighted by Gasteiger charge is -2.67. The molecule has 190 valence electrons. The second-order valence-electron chi connectivity index (χ2n) is 11.3. The Morgan fingerprint density at radius 3 is 2.26 bits per heavy atom. The zero-order valence-corrected chi connectivity index (χ0v) is 20.6. The summed E-state index contributed by atoms with van der Waals surface area (Å²) < 4.78 is 23.3. The van der Waals surface area contributed by atoms with Gasteiger partial charge in [-0.3, -0.25) is 24.0 Å². The number of hydrogen-bond acceptors (Lipinski definition) is 9. The molecule has 1 aliphatic heterocycles. The van der Waals surface area contributed by atoms with Gasteiger partial charge in [-0.25, -0.2) is 0 Å². The number of esters is 4. The van der Waals surface area contributed by atoms with Crippen LogP contribution >= 0.6 is 0 Å². The largest absolute Gasteiger partial charge is 0.465 e. The molecule has 0 amide bonds. The minimum atomic E-state index is -1.59. The number of ether oxygens (including phenoxy) is 4. The van der Waals surface area contributed by atoms with E-state index in [4.69, 9.17) is 18.9 Å². The maximum absolute atomic E-state index is 14.2. The molecule has 0 aromatic carbocycles. The molecule has 0 aromatic heterocycles. The fraction of sp³-hybridized carbons (Fsp3) is 0.731. The Kier molecular flexibility index (Phi) is 5.24. The molecule has 9 atom stereocenters. The first-order valence-electron chi connectivity index (χ1n) is 12.3. The Morgan fingerprint density at radius 1 is 0.971 bits per heavy atom. The Hall–Kier alpha value is -2.71. The lowest BCUT2D eigenvalue weighted by Crippen LogP contribution is -2.75. The molecule has 2 unspecified atom stereocenters. The van der Waals surface area contributed by atoms with E-state index in [1.165, 1.54) is 20.8 Å². The summed E-state index contributed by atoms with van der Waals surface area (Å²) in [7, 11) is 0. The second-order valence-corrected chi connectivity index (χ2v) is 11.3. The Bertz CT molecular complexity index is 1050. The lowest BCUT2D eigenvalue weighted by molar-refractivity contribution is -0.283. The highest BCUT2D eigenvalue weighted by atomic mass is 16.6. The number of Topliss-reactive ketones (excluding diaryl/α,β-unsaturated/α-hetero) is 1. The zero-order valence-electron chi connectivity index (χ0n) is 20.6. The summed E-state index contributed by atoms with van der Waals surface area (Å²) >= 11 is 0. The van der Waals surface area contributed by atoms with Crippen molar-refractivity contribution in [1.82, 2.24) is 0 Å². The molecule has 9 nitrogen and oxygen atoms in total. The SMILES string of the molecule is C=C1C(=O)C23C(OC(C)=O)C[C@@H]4[C@@]5(C)CCC[C@@]4(C(=O)OC5)[C@@H]2[C@@H](OC(C)=O)C[C@@H]1[C@H]3OC(C)=O. The third kappa shape index (κ3) is 2.96. The lowest BCUT2D eigenvalue weighted by atomic mass is 9.38. The van der Waals surface area contributed by atoms with E-state index in [2.05, 4.69) is 13.5 Å². The summed E-state index contributed by atoms with van der Waals surface area (Å²) in [6, 6.07) is 0. The van der Waals surface area contributed by atoms with Crippen LogP contribution in [0.15, 0.2) is 12.2 Å². The number of carbonyl (C=O) groups excluding carboxylic acids is 5. The van der Waals surface area contributed by atoms with E-state index in [1.807, 2.05) is 0 Å². The van der Waals surface area contributed by atoms with Crippen molar-refractivity contribution in [2.75, 3.05) is 6.61 Å². The van der Waals surface area contributed by atoms with Crippen LogP contribution in [-0.2, 0) is 42.9 Å². The van der Waals surface area contributed by atoms with Gasteiger partial charge in [-0.15, -0.1) is 0 Å². The maximum Gasteiger partial charge on any atom is 0.312 e. The third-order valence-electron chi connectivity index (χ3n) is 9.51. The minimum absolute atomic E-state index is 0.180. The molecule has 5 fully saturated rings. The van der Waals surface area contributed by atoms with Gasteiger partial charge in [0.25, 0.3) is 0 Å². The van der Waals surface area contributed by atoms with E-state index in [-0.39, 0.29) is 36.4 Å². The molecule has 1 heterocycles. The molecule has 0 N–H and O–H groups in total. The molecule has 0 radical (unpaired) electrons. The van der Waals surface area contributed by atoms with Crippen LogP contribution in [0.3, 0.4) is 0 Å². The molecule has 35 heavy (non-hydrogen) atoms. The summed E-state index contributed by atoms with van der Waals surface area (Å²) in [6.07, 6.45) is -0.369. The third-order valence-corrected chi connectivity index (χ3v) is 9.51. The number of carbonyl (C=O) groups is 5. The monoisotopic (exact) mass is 488 g/mol. The standard InChI is InChI=1S/C26H32O9/c1-12-16-9-17(33-13(2)27)20-25-8-6-7-24(5,11-32-23(25)31)18(25)10-19(34-14(3)28)26(20,21(12)30)22(16)35-15(4)29/h16-20,22H,1,6-11H2,2-5H3/t16-,17-,18+,19?,20-,22+,24-,25-,26?/m0/s1. The predicted molar refractivity (Wildman–Crippen MR) is 118 cm³/mol. The van der Waals surface area contributed by atoms with Crippen molar-refractivity contribution in [2.24, 2.45) is 34.0 Å². The summed E-state index contributed by atoms with van der Waals surface area (Å²) in [5.74, 6) is -4.29. The normalized spacial score (nSPS) is 45.5. The molecular formula is C26H32O9. The topological polar surface area (TPSA) is 122 Å². The van der Waals surface area contributed by atoms with Crippen molar-refractivity contribution in [3.05, 3.63) is 12.2 Å². The Labute approximate surface area is 203 Å². The van der Waals surface area contributed by atoms with Crippen LogP contribution in [0, 0.1) is 34.0 Å². The van der Waals surface area contributed by atoms with Crippen molar-refractivity contribution in [1.29, 1.82) is 0 Å². The smallest absolute Gasteiger partial charge is 0.312 e. The molecule has 5 rings (SSSR count). The first kappa shape index (κ1) is 24.0. The molecule has 4 bridgehead atoms. The average molecular weight is 489 g/mol. The van der Waals surface area contributed by atoms with Gasteiger partial charge in [-0.2, -0.15) is 0 Å². The molecule has 1 spiro atoms. The van der Waals surface area contributed by atoms with Crippen molar-refractivity contribution in [3.8, 4) is 0 Å². The van der Waals surface area contributed by atoms with Crippen molar-refractivity contribution in [2.45, 2.75) is 78.1 Å². The van der Waals surface area contributed by atoms with Crippen LogP contribution in [0.25, 0.3) is 0 Å². The quantitative estimate of drug-likeness (QED) is 0.334. The summed E-state index contributed by atoms with van der Waals surface area (Å²) in [6.45, 7) is 10.1. The predicted octanol–water partition coefficient (Wildman–Crippen LogP) is 2.30. The molecule has 5 aliphatic rings. The molecule has 1 saturated heterocycles. The summed E-state index contributed by atoms with van der Waals surface area (Å²) in [5, 5.41) is 0. The Balaban J connectivity index is 1.81. The van der Waals surface area contributed by atoms with Crippen LogP contribution in [0.1, 0.15) is 59.8 Å². The van der Waals surface area contributed by atoms with Gasteiger partial charge < -0.3 is 18.9 Å². The number of fused-ring (bicyclic) bond motifs is 1. The van der Waals surface area contributed by atoms with Gasteiger partial charge in [0, 0.05) is 38.0 Å². The van der Waals surface area contributed by atoms with Gasteiger partial charge in [0.1, 0.15) is 23.7 Å². The van der Waals surface area contributed by atoms with Gasteiger partial charge in [0.2, 0.25) is 0 Å². The number of hydrogen-bond donors (Lipinski definition) is 0. The van der Waals surface area contributed by atoms with E-state index in [9.17, 15) is 24.0 Å². The summed E-state index contributed by atoms with van der Waals surface area (Å²) in [5.41, 5.74) is -2.89. The van der Waals surface area contributed by atoms with Gasteiger partial charge in [0.05, 0.1) is 12.0 Å². The number of cyclic esters (lactones) is 1. The van der Waals surface area contributed by atoms with Crippen LogP contribution in [-0.4, -0.2) is 54.6 Å². The van der Waals surface area contributed by atoms with Gasteiger partial charge in [-0.05, 0) is 37.2 Å². The molecule has 0 aromatic rings. The van der Waals surface area contributed by atoms with Crippen LogP contribution in [0.2, 0.25) is 0 Å². The fourth-order valence-electron chi connectivity index (χ4n) is 8.63. The highest BCUT2D eigenvalue weighted by Gasteiger charge is 2.82. The average Bonchev–Trinajstić information content (AvgIpc) is 2.87. The van der Waals surface area contributed by atoms with E-state index in [1.54, 1.807) is 0 Å². The molecular weight excluding hydrogens is 456 g/mol. The van der Waals surface area contributed by atoms with E-state index < -0.39 is 70.6 Å². The van der Waals surface area contributed by atoms with Gasteiger partial charge in [0.15, 0.2) is 5.78 Å². The van der Waals surface area contributed by atoms with Crippen LogP contribution in [0.5, 0.6) is 0 Å². The first-order chi connectivity index (χ1) is 16.4.